The number of esters is 1. The van der Waals surface area contributed by atoms with Crippen molar-refractivity contribution in [1.29, 1.82) is 0 Å². The summed E-state index contributed by atoms with van der Waals surface area (Å²) < 4.78 is 21.8. The van der Waals surface area contributed by atoms with Crippen molar-refractivity contribution in [3.05, 3.63) is 64.3 Å². The Morgan fingerprint density at radius 2 is 1.84 bits per heavy atom. The van der Waals surface area contributed by atoms with Crippen molar-refractivity contribution in [3.8, 4) is 17.2 Å². The van der Waals surface area contributed by atoms with Crippen molar-refractivity contribution in [1.82, 2.24) is 0 Å². The zero-order valence-corrected chi connectivity index (χ0v) is 18.6. The van der Waals surface area contributed by atoms with Crippen LogP contribution in [0.4, 0.5) is 5.69 Å². The molecule has 0 aromatic heterocycles. The lowest BCUT2D eigenvalue weighted by atomic mass is 10.1. The number of ether oxygens (including phenoxy) is 4. The second-order valence-corrected chi connectivity index (χ2v) is 7.83. The first kappa shape index (κ1) is 21.8. The van der Waals surface area contributed by atoms with E-state index in [0.717, 1.165) is 11.3 Å². The van der Waals surface area contributed by atoms with Gasteiger partial charge in [-0.3, -0.25) is 0 Å². The fourth-order valence-corrected chi connectivity index (χ4v) is 4.23. The lowest BCUT2D eigenvalue weighted by Crippen LogP contribution is -2.15. The number of fused-ring (bicyclic) bond motifs is 1. The van der Waals surface area contributed by atoms with Gasteiger partial charge < -0.3 is 24.1 Å². The number of nitrogens with zero attached hydrogens (tertiary/aromatic N) is 1. The van der Waals surface area contributed by atoms with E-state index in [0.29, 0.717) is 47.0 Å². The predicted octanol–water partition coefficient (Wildman–Crippen LogP) is 5.05. The molecule has 8 heteroatoms. The molecule has 0 saturated carbocycles. The summed E-state index contributed by atoms with van der Waals surface area (Å²) in [4.78, 5) is 17.6. The van der Waals surface area contributed by atoms with Gasteiger partial charge in [0.2, 0.25) is 0 Å². The Morgan fingerprint density at radius 1 is 1.09 bits per heavy atom. The molecular formula is C24H23NO6S. The molecule has 2 heterocycles. The molecule has 0 bridgehead atoms. The SMILES string of the molecule is CCOC(=O)C1=C(O)C(=Cc2ccc3c(c2)OCCO3)SC1=Nc1ccc(OCC)cc1. The third kappa shape index (κ3) is 4.75. The van der Waals surface area contributed by atoms with Crippen molar-refractivity contribution in [2.75, 3.05) is 26.4 Å². The number of aliphatic hydroxyl groups is 1. The molecule has 0 unspecified atom stereocenters. The van der Waals surface area contributed by atoms with Gasteiger partial charge in [0.15, 0.2) is 11.5 Å². The third-order valence-corrected chi connectivity index (χ3v) is 5.63. The lowest BCUT2D eigenvalue weighted by Gasteiger charge is -2.18. The molecule has 0 atom stereocenters. The summed E-state index contributed by atoms with van der Waals surface area (Å²) in [6.07, 6.45) is 1.78. The van der Waals surface area contributed by atoms with E-state index in [9.17, 15) is 9.90 Å². The average molecular weight is 454 g/mol. The topological polar surface area (TPSA) is 86.6 Å². The van der Waals surface area contributed by atoms with Crippen LogP contribution in [0.1, 0.15) is 19.4 Å². The van der Waals surface area contributed by atoms with E-state index < -0.39 is 5.97 Å². The highest BCUT2D eigenvalue weighted by molar-refractivity contribution is 8.18. The largest absolute Gasteiger partial charge is 0.506 e. The fraction of sp³-hybridized carbons (Fsp3) is 0.250. The van der Waals surface area contributed by atoms with Crippen LogP contribution >= 0.6 is 11.8 Å². The van der Waals surface area contributed by atoms with Crippen LogP contribution in [0.2, 0.25) is 0 Å². The number of rotatable bonds is 6. The summed E-state index contributed by atoms with van der Waals surface area (Å²) in [6.45, 7) is 5.39. The molecule has 32 heavy (non-hydrogen) atoms. The molecule has 0 saturated heterocycles. The van der Waals surface area contributed by atoms with Crippen molar-refractivity contribution < 1.29 is 28.8 Å². The maximum atomic E-state index is 12.6. The van der Waals surface area contributed by atoms with E-state index in [2.05, 4.69) is 4.99 Å². The number of benzene rings is 2. The Labute approximate surface area is 190 Å². The molecule has 0 fully saturated rings. The summed E-state index contributed by atoms with van der Waals surface area (Å²) in [5.41, 5.74) is 1.48. The number of thioether (sulfide) groups is 1. The number of aliphatic hydroxyl groups excluding tert-OH is 1. The van der Waals surface area contributed by atoms with E-state index in [1.807, 2.05) is 37.3 Å². The monoisotopic (exact) mass is 453 g/mol. The molecular weight excluding hydrogens is 430 g/mol. The number of aliphatic imine (C=N–C) groups is 1. The van der Waals surface area contributed by atoms with Crippen LogP contribution in [0.5, 0.6) is 17.2 Å². The Morgan fingerprint density at radius 3 is 2.56 bits per heavy atom. The Bertz CT molecular complexity index is 1100. The Kier molecular flexibility index (Phi) is 6.70. The van der Waals surface area contributed by atoms with Crippen molar-refractivity contribution in [3.63, 3.8) is 0 Å². The number of carbonyl (C=O) groups excluding carboxylic acids is 1. The zero-order valence-electron chi connectivity index (χ0n) is 17.8. The van der Waals surface area contributed by atoms with Gasteiger partial charge in [0.05, 0.1) is 23.8 Å². The van der Waals surface area contributed by atoms with E-state index in [4.69, 9.17) is 18.9 Å². The molecule has 2 aromatic carbocycles. The number of carbonyl (C=O) groups is 1. The highest BCUT2D eigenvalue weighted by atomic mass is 32.2. The van der Waals surface area contributed by atoms with Gasteiger partial charge in [-0.05, 0) is 61.9 Å². The fourth-order valence-electron chi connectivity index (χ4n) is 3.19. The first-order valence-electron chi connectivity index (χ1n) is 10.3. The van der Waals surface area contributed by atoms with E-state index >= 15 is 0 Å². The second-order valence-electron chi connectivity index (χ2n) is 6.80. The Hall–Kier alpha value is -3.39. The number of hydrogen-bond acceptors (Lipinski definition) is 8. The molecule has 1 N–H and O–H groups in total. The third-order valence-electron chi connectivity index (χ3n) is 4.61. The standard InChI is InChI=1S/C24H23NO6S/c1-3-28-17-8-6-16(7-9-17)25-23-21(24(27)29-4-2)22(26)20(32-23)14-15-5-10-18-19(13-15)31-12-11-30-18/h5-10,13-14,26H,3-4,11-12H2,1-2H3. The van der Waals surface area contributed by atoms with Gasteiger partial charge in [-0.2, -0.15) is 0 Å². The van der Waals surface area contributed by atoms with E-state index in [1.54, 1.807) is 25.1 Å². The molecule has 0 amide bonds. The first-order valence-corrected chi connectivity index (χ1v) is 11.1. The second kappa shape index (κ2) is 9.82. The zero-order chi connectivity index (χ0) is 22.5. The first-order chi connectivity index (χ1) is 15.6. The highest BCUT2D eigenvalue weighted by Crippen LogP contribution is 2.41. The number of hydrogen-bond donors (Lipinski definition) is 1. The molecule has 7 nitrogen and oxygen atoms in total. The summed E-state index contributed by atoms with van der Waals surface area (Å²) >= 11 is 1.21. The van der Waals surface area contributed by atoms with Crippen LogP contribution in [0.15, 0.2) is 63.7 Å². The summed E-state index contributed by atoms with van der Waals surface area (Å²) in [5, 5.41) is 11.2. The molecule has 2 aliphatic rings. The van der Waals surface area contributed by atoms with Gasteiger partial charge in [0.1, 0.15) is 35.3 Å². The quantitative estimate of drug-likeness (QED) is 0.613. The van der Waals surface area contributed by atoms with Crippen LogP contribution < -0.4 is 14.2 Å². The van der Waals surface area contributed by atoms with Crippen LogP contribution in [0.3, 0.4) is 0 Å². The van der Waals surface area contributed by atoms with Crippen molar-refractivity contribution >= 4 is 34.5 Å². The summed E-state index contributed by atoms with van der Waals surface area (Å²) in [7, 11) is 0. The van der Waals surface area contributed by atoms with Crippen LogP contribution in [-0.2, 0) is 9.53 Å². The summed E-state index contributed by atoms with van der Waals surface area (Å²) in [6, 6.07) is 12.7. The van der Waals surface area contributed by atoms with Crippen LogP contribution in [0.25, 0.3) is 6.08 Å². The Balaban J connectivity index is 1.67. The van der Waals surface area contributed by atoms with E-state index in [1.165, 1.54) is 11.8 Å². The maximum absolute atomic E-state index is 12.6. The smallest absolute Gasteiger partial charge is 0.344 e. The maximum Gasteiger partial charge on any atom is 0.344 e. The van der Waals surface area contributed by atoms with E-state index in [-0.39, 0.29) is 17.9 Å². The summed E-state index contributed by atoms with van der Waals surface area (Å²) in [5.74, 6) is 1.28. The van der Waals surface area contributed by atoms with Gasteiger partial charge in [-0.15, -0.1) is 0 Å². The average Bonchev–Trinajstić information content (AvgIpc) is 3.10. The van der Waals surface area contributed by atoms with Gasteiger partial charge in [-0.25, -0.2) is 9.79 Å². The van der Waals surface area contributed by atoms with Gasteiger partial charge in [0, 0.05) is 0 Å². The van der Waals surface area contributed by atoms with Crippen molar-refractivity contribution in [2.45, 2.75) is 13.8 Å². The highest BCUT2D eigenvalue weighted by Gasteiger charge is 2.33. The molecule has 2 aliphatic heterocycles. The molecule has 2 aromatic rings. The van der Waals surface area contributed by atoms with Gasteiger partial charge in [0.25, 0.3) is 0 Å². The minimum Gasteiger partial charge on any atom is -0.506 e. The molecule has 4 rings (SSSR count). The lowest BCUT2D eigenvalue weighted by molar-refractivity contribution is -0.138. The molecule has 0 spiro atoms. The predicted molar refractivity (Wildman–Crippen MR) is 124 cm³/mol. The molecule has 166 valence electrons. The van der Waals surface area contributed by atoms with Crippen LogP contribution in [0, 0.1) is 0 Å². The minimum atomic E-state index is -0.618. The molecule has 0 aliphatic carbocycles. The normalized spacial score (nSPS) is 17.7. The van der Waals surface area contributed by atoms with Gasteiger partial charge in [-0.1, -0.05) is 17.8 Å². The van der Waals surface area contributed by atoms with Crippen LogP contribution in [-0.4, -0.2) is 42.5 Å². The van der Waals surface area contributed by atoms with Crippen molar-refractivity contribution in [2.24, 2.45) is 4.99 Å². The molecule has 0 radical (unpaired) electrons. The van der Waals surface area contributed by atoms with Gasteiger partial charge >= 0.3 is 5.97 Å². The minimum absolute atomic E-state index is 0.0505.